The summed E-state index contributed by atoms with van der Waals surface area (Å²) >= 11 is 0. The molecule has 1 atom stereocenters. The van der Waals surface area contributed by atoms with Crippen LogP contribution in [0.5, 0.6) is 0 Å². The molecule has 1 saturated carbocycles. The SMILES string of the molecule is CCCCOC(=O)N1CCN(C(=O)C(CP(=O)(O)O)NC(=O)c2cc(NC3CC3)cc(-c3ccccc3)n2)CC1. The lowest BCUT2D eigenvalue weighted by Gasteiger charge is -2.36. The largest absolute Gasteiger partial charge is 0.449 e. The number of carbonyl (C=O) groups is 3. The quantitative estimate of drug-likeness (QED) is 0.234. The monoisotopic (exact) mass is 573 g/mol. The van der Waals surface area contributed by atoms with Crippen molar-refractivity contribution in [1.82, 2.24) is 20.1 Å². The molecule has 4 rings (SSSR count). The summed E-state index contributed by atoms with van der Waals surface area (Å²) in [5.41, 5.74) is 2.06. The molecule has 2 aromatic rings. The van der Waals surface area contributed by atoms with Crippen molar-refractivity contribution in [1.29, 1.82) is 0 Å². The molecule has 1 aliphatic carbocycles. The van der Waals surface area contributed by atoms with E-state index in [4.69, 9.17) is 4.74 Å². The van der Waals surface area contributed by atoms with Gasteiger partial charge in [0.1, 0.15) is 11.7 Å². The highest BCUT2D eigenvalue weighted by molar-refractivity contribution is 7.51. The first-order chi connectivity index (χ1) is 19.1. The molecule has 0 bridgehead atoms. The Hall–Kier alpha value is -3.47. The first-order valence-electron chi connectivity index (χ1n) is 13.5. The summed E-state index contributed by atoms with van der Waals surface area (Å²) < 4.78 is 17.1. The van der Waals surface area contributed by atoms with Gasteiger partial charge in [0, 0.05) is 43.5 Å². The van der Waals surface area contributed by atoms with Crippen molar-refractivity contribution in [2.24, 2.45) is 0 Å². The third-order valence-electron chi connectivity index (χ3n) is 6.67. The molecule has 2 fully saturated rings. The Morgan fingerprint density at radius 2 is 1.75 bits per heavy atom. The van der Waals surface area contributed by atoms with Crippen molar-refractivity contribution in [3.05, 3.63) is 48.2 Å². The van der Waals surface area contributed by atoms with E-state index in [2.05, 4.69) is 15.6 Å². The van der Waals surface area contributed by atoms with E-state index in [9.17, 15) is 28.7 Å². The van der Waals surface area contributed by atoms with Crippen molar-refractivity contribution in [3.63, 3.8) is 0 Å². The van der Waals surface area contributed by atoms with E-state index < -0.39 is 37.7 Å². The lowest BCUT2D eigenvalue weighted by Crippen LogP contribution is -2.56. The molecule has 2 aliphatic rings. The molecule has 0 radical (unpaired) electrons. The van der Waals surface area contributed by atoms with E-state index in [0.29, 0.717) is 24.0 Å². The van der Waals surface area contributed by atoms with Crippen LogP contribution in [0.4, 0.5) is 10.5 Å². The first kappa shape index (κ1) is 29.5. The number of pyridine rings is 1. The molecule has 0 spiro atoms. The van der Waals surface area contributed by atoms with Crippen molar-refractivity contribution in [2.75, 3.05) is 44.3 Å². The second-order valence-electron chi connectivity index (χ2n) is 10.1. The minimum absolute atomic E-state index is 0.0210. The smallest absolute Gasteiger partial charge is 0.409 e. The highest BCUT2D eigenvalue weighted by Crippen LogP contribution is 2.35. The highest BCUT2D eigenvalue weighted by atomic mass is 31.2. The van der Waals surface area contributed by atoms with Gasteiger partial charge >= 0.3 is 13.7 Å². The number of rotatable bonds is 11. The second kappa shape index (κ2) is 13.3. The number of benzene rings is 1. The minimum Gasteiger partial charge on any atom is -0.449 e. The van der Waals surface area contributed by atoms with E-state index in [0.717, 1.165) is 31.2 Å². The fraction of sp³-hybridized carbons (Fsp3) is 0.481. The molecule has 4 N–H and O–H groups in total. The minimum atomic E-state index is -4.68. The average molecular weight is 574 g/mol. The van der Waals surface area contributed by atoms with Crippen LogP contribution in [0.15, 0.2) is 42.5 Å². The molecule has 1 aliphatic heterocycles. The fourth-order valence-electron chi connectivity index (χ4n) is 4.33. The van der Waals surface area contributed by atoms with Crippen LogP contribution in [0.3, 0.4) is 0 Å². The maximum Gasteiger partial charge on any atom is 0.409 e. The van der Waals surface area contributed by atoms with Gasteiger partial charge in [0.05, 0.1) is 18.5 Å². The molecule has 1 aromatic heterocycles. The third kappa shape index (κ3) is 8.51. The molecule has 40 heavy (non-hydrogen) atoms. The molecule has 1 saturated heterocycles. The Balaban J connectivity index is 1.47. The maximum absolute atomic E-state index is 13.3. The van der Waals surface area contributed by atoms with E-state index in [-0.39, 0.29) is 31.9 Å². The molecular formula is C27H36N5O7P. The number of hydrogen-bond acceptors (Lipinski definition) is 7. The topological polar surface area (TPSA) is 161 Å². The first-order valence-corrected chi connectivity index (χ1v) is 15.3. The number of aromatic nitrogens is 1. The highest BCUT2D eigenvalue weighted by Gasteiger charge is 2.35. The standard InChI is InChI=1S/C27H36N5O7P/c1-2-3-15-39-27(35)32-13-11-31(12-14-32)26(34)24(18-40(36,37)38)30-25(33)23-17-21(28-20-9-10-20)16-22(29-23)19-7-5-4-6-8-19/h4-8,16-17,20,24H,2-3,9-15,18H2,1H3,(H,28,29)(H,30,33)(H2,36,37,38). The number of carbonyl (C=O) groups excluding carboxylic acids is 3. The van der Waals surface area contributed by atoms with Crippen LogP contribution in [-0.4, -0.2) is 93.5 Å². The zero-order valence-corrected chi connectivity index (χ0v) is 23.4. The van der Waals surface area contributed by atoms with Crippen molar-refractivity contribution in [2.45, 2.75) is 44.7 Å². The van der Waals surface area contributed by atoms with E-state index in [1.165, 1.54) is 9.80 Å². The number of nitrogens with zero attached hydrogens (tertiary/aromatic N) is 3. The van der Waals surface area contributed by atoms with Crippen LogP contribution in [-0.2, 0) is 14.1 Å². The van der Waals surface area contributed by atoms with Gasteiger partial charge in [-0.3, -0.25) is 14.2 Å². The molecule has 13 heteroatoms. The van der Waals surface area contributed by atoms with Gasteiger partial charge in [0.25, 0.3) is 5.91 Å². The van der Waals surface area contributed by atoms with Gasteiger partial charge in [-0.05, 0) is 31.4 Å². The number of amides is 3. The van der Waals surface area contributed by atoms with Crippen molar-refractivity contribution in [3.8, 4) is 11.3 Å². The van der Waals surface area contributed by atoms with Crippen LogP contribution in [0.1, 0.15) is 43.1 Å². The Morgan fingerprint density at radius 3 is 2.38 bits per heavy atom. The van der Waals surface area contributed by atoms with Gasteiger partial charge < -0.3 is 35.0 Å². The predicted octanol–water partition coefficient (Wildman–Crippen LogP) is 2.68. The number of anilines is 1. The van der Waals surface area contributed by atoms with Gasteiger partial charge in [0.2, 0.25) is 5.91 Å². The molecule has 1 unspecified atom stereocenters. The Bertz CT molecular complexity index is 1240. The summed E-state index contributed by atoms with van der Waals surface area (Å²) in [4.78, 5) is 65.6. The normalized spacial score (nSPS) is 16.3. The third-order valence-corrected chi connectivity index (χ3v) is 7.51. The molecular weight excluding hydrogens is 537 g/mol. The summed E-state index contributed by atoms with van der Waals surface area (Å²) in [7, 11) is -4.68. The molecule has 216 valence electrons. The Labute approximate surface area is 233 Å². The second-order valence-corrected chi connectivity index (χ2v) is 11.8. The summed E-state index contributed by atoms with van der Waals surface area (Å²) in [6.45, 7) is 3.03. The zero-order valence-electron chi connectivity index (χ0n) is 22.5. The Kier molecular flexibility index (Phi) is 9.78. The van der Waals surface area contributed by atoms with E-state index in [1.54, 1.807) is 6.07 Å². The maximum atomic E-state index is 13.3. The predicted molar refractivity (Wildman–Crippen MR) is 149 cm³/mol. The van der Waals surface area contributed by atoms with Gasteiger partial charge in [-0.2, -0.15) is 0 Å². The van der Waals surface area contributed by atoms with Gasteiger partial charge in [-0.15, -0.1) is 0 Å². The van der Waals surface area contributed by atoms with Crippen molar-refractivity contribution < 1.29 is 33.5 Å². The number of nitrogens with one attached hydrogen (secondary N) is 2. The number of unbranched alkanes of at least 4 members (excludes halogenated alkanes) is 1. The van der Waals surface area contributed by atoms with Crippen LogP contribution in [0.25, 0.3) is 11.3 Å². The Morgan fingerprint density at radius 1 is 1.07 bits per heavy atom. The zero-order chi connectivity index (χ0) is 28.7. The van der Waals surface area contributed by atoms with E-state index in [1.807, 2.05) is 43.3 Å². The summed E-state index contributed by atoms with van der Waals surface area (Å²) in [6, 6.07) is 11.6. The van der Waals surface area contributed by atoms with Crippen LogP contribution >= 0.6 is 7.60 Å². The van der Waals surface area contributed by atoms with Crippen LogP contribution in [0, 0.1) is 0 Å². The van der Waals surface area contributed by atoms with Crippen LogP contribution < -0.4 is 10.6 Å². The van der Waals surface area contributed by atoms with Gasteiger partial charge in [-0.25, -0.2) is 9.78 Å². The summed E-state index contributed by atoms with van der Waals surface area (Å²) in [6.07, 6.45) is 2.38. The lowest BCUT2D eigenvalue weighted by atomic mass is 10.1. The number of piperazine rings is 1. The van der Waals surface area contributed by atoms with Gasteiger partial charge in [0.15, 0.2) is 0 Å². The number of hydrogen-bond donors (Lipinski definition) is 4. The van der Waals surface area contributed by atoms with Crippen molar-refractivity contribution >= 4 is 31.2 Å². The molecule has 1 aromatic carbocycles. The summed E-state index contributed by atoms with van der Waals surface area (Å²) in [5, 5.41) is 5.87. The summed E-state index contributed by atoms with van der Waals surface area (Å²) in [5.74, 6) is -1.35. The number of ether oxygens (including phenoxy) is 1. The lowest BCUT2D eigenvalue weighted by molar-refractivity contribution is -0.134. The van der Waals surface area contributed by atoms with Crippen LogP contribution in [0.2, 0.25) is 0 Å². The molecule has 12 nitrogen and oxygen atoms in total. The van der Waals surface area contributed by atoms with Gasteiger partial charge in [-0.1, -0.05) is 43.7 Å². The molecule has 3 amide bonds. The fourth-order valence-corrected chi connectivity index (χ4v) is 5.05. The molecule has 2 heterocycles. The van der Waals surface area contributed by atoms with E-state index >= 15 is 0 Å². The average Bonchev–Trinajstić information content (AvgIpc) is 3.76.